The number of aromatic nitrogens is 1. The minimum Gasteiger partial charge on any atom is -0.376 e. The van der Waals surface area contributed by atoms with Gasteiger partial charge >= 0.3 is 0 Å². The van der Waals surface area contributed by atoms with Crippen LogP contribution in [0.2, 0.25) is 0 Å². The number of amides is 3. The molecular weight excluding hydrogens is 445 g/mol. The van der Waals surface area contributed by atoms with E-state index in [4.69, 9.17) is 4.74 Å². The van der Waals surface area contributed by atoms with E-state index in [1.807, 2.05) is 6.92 Å². The van der Waals surface area contributed by atoms with E-state index in [1.165, 1.54) is 46.6 Å². The van der Waals surface area contributed by atoms with Crippen LogP contribution in [0.4, 0.5) is 9.52 Å². The molecule has 0 spiro atoms. The first-order chi connectivity index (χ1) is 15.9. The summed E-state index contributed by atoms with van der Waals surface area (Å²) < 4.78 is 18.8. The van der Waals surface area contributed by atoms with Crippen molar-refractivity contribution >= 4 is 34.2 Å². The SMILES string of the molecule is Cc1sc(NC(=O)c2ccc3c(c2)C(=O)N(CC2CCCO2)C3=O)nc1-c1ccc(F)cc1. The van der Waals surface area contributed by atoms with Gasteiger partial charge in [-0.15, -0.1) is 11.3 Å². The van der Waals surface area contributed by atoms with Gasteiger partial charge in [0, 0.05) is 22.6 Å². The van der Waals surface area contributed by atoms with Crippen LogP contribution in [0.25, 0.3) is 11.3 Å². The molecule has 33 heavy (non-hydrogen) atoms. The average molecular weight is 466 g/mol. The number of rotatable bonds is 5. The molecule has 5 rings (SSSR count). The predicted octanol–water partition coefficient (Wildman–Crippen LogP) is 4.28. The van der Waals surface area contributed by atoms with Crippen molar-refractivity contribution in [2.45, 2.75) is 25.9 Å². The third-order valence-electron chi connectivity index (χ3n) is 5.78. The molecule has 1 unspecified atom stereocenters. The Bertz CT molecular complexity index is 1270. The highest BCUT2D eigenvalue weighted by Gasteiger charge is 2.38. The molecule has 7 nitrogen and oxygen atoms in total. The first-order valence-corrected chi connectivity index (χ1v) is 11.4. The molecule has 0 bridgehead atoms. The number of benzene rings is 2. The molecule has 2 aliphatic rings. The minimum absolute atomic E-state index is 0.140. The Hall–Kier alpha value is -3.43. The van der Waals surface area contributed by atoms with Crippen LogP contribution < -0.4 is 5.32 Å². The third-order valence-corrected chi connectivity index (χ3v) is 6.66. The van der Waals surface area contributed by atoms with Crippen LogP contribution in [0, 0.1) is 12.7 Å². The van der Waals surface area contributed by atoms with Gasteiger partial charge in [-0.05, 0) is 62.2 Å². The highest BCUT2D eigenvalue weighted by Crippen LogP contribution is 2.31. The summed E-state index contributed by atoms with van der Waals surface area (Å²) in [5.41, 5.74) is 2.17. The summed E-state index contributed by atoms with van der Waals surface area (Å²) in [6.07, 6.45) is 1.59. The zero-order chi connectivity index (χ0) is 23.1. The number of hydrogen-bond acceptors (Lipinski definition) is 6. The number of carbonyl (C=O) groups is 3. The Morgan fingerprint density at radius 2 is 1.94 bits per heavy atom. The fourth-order valence-corrected chi connectivity index (χ4v) is 4.92. The van der Waals surface area contributed by atoms with Crippen LogP contribution in [0.3, 0.4) is 0 Å². The van der Waals surface area contributed by atoms with E-state index in [9.17, 15) is 18.8 Å². The van der Waals surface area contributed by atoms with Crippen molar-refractivity contribution in [3.05, 3.63) is 69.8 Å². The summed E-state index contributed by atoms with van der Waals surface area (Å²) >= 11 is 1.30. The average Bonchev–Trinajstić information content (AvgIpc) is 3.51. The zero-order valence-electron chi connectivity index (χ0n) is 17.8. The second kappa shape index (κ2) is 8.49. The van der Waals surface area contributed by atoms with E-state index in [2.05, 4.69) is 10.3 Å². The number of nitrogens with zero attached hydrogens (tertiary/aromatic N) is 2. The summed E-state index contributed by atoms with van der Waals surface area (Å²) in [6.45, 7) is 2.73. The molecule has 3 aromatic rings. The largest absolute Gasteiger partial charge is 0.376 e. The summed E-state index contributed by atoms with van der Waals surface area (Å²) in [5.74, 6) is -1.55. The molecule has 0 aliphatic carbocycles. The number of ether oxygens (including phenoxy) is 1. The summed E-state index contributed by atoms with van der Waals surface area (Å²) in [5, 5.41) is 3.14. The molecule has 0 saturated carbocycles. The van der Waals surface area contributed by atoms with Gasteiger partial charge in [0.15, 0.2) is 5.13 Å². The van der Waals surface area contributed by atoms with Gasteiger partial charge in [-0.2, -0.15) is 0 Å². The normalized spacial score (nSPS) is 17.5. The standard InChI is InChI=1S/C24H20FN3O4S/c1-13-20(14-4-7-16(25)8-5-14)26-24(33-13)27-21(29)15-6-9-18-19(11-15)23(31)28(22(18)30)12-17-3-2-10-32-17/h4-9,11,17H,2-3,10,12H2,1H3,(H,26,27,29). The highest BCUT2D eigenvalue weighted by atomic mass is 32.1. The van der Waals surface area contributed by atoms with Crippen molar-refractivity contribution in [1.82, 2.24) is 9.88 Å². The highest BCUT2D eigenvalue weighted by molar-refractivity contribution is 7.16. The van der Waals surface area contributed by atoms with Crippen molar-refractivity contribution < 1.29 is 23.5 Å². The van der Waals surface area contributed by atoms with Gasteiger partial charge in [-0.25, -0.2) is 9.37 Å². The first kappa shape index (κ1) is 21.4. The van der Waals surface area contributed by atoms with Gasteiger partial charge in [0.1, 0.15) is 5.82 Å². The maximum absolute atomic E-state index is 13.2. The maximum atomic E-state index is 13.2. The number of nitrogens with one attached hydrogen (secondary N) is 1. The van der Waals surface area contributed by atoms with Gasteiger partial charge in [-0.3, -0.25) is 24.6 Å². The maximum Gasteiger partial charge on any atom is 0.261 e. The number of halogens is 1. The quantitative estimate of drug-likeness (QED) is 0.568. The van der Waals surface area contributed by atoms with Gasteiger partial charge < -0.3 is 4.74 Å². The van der Waals surface area contributed by atoms with Crippen LogP contribution in [0.15, 0.2) is 42.5 Å². The number of hydrogen-bond donors (Lipinski definition) is 1. The summed E-state index contributed by atoms with van der Waals surface area (Å²) in [6, 6.07) is 10.5. The van der Waals surface area contributed by atoms with Crippen LogP contribution in [0.5, 0.6) is 0 Å². The lowest BCUT2D eigenvalue weighted by molar-refractivity contribution is 0.0475. The van der Waals surface area contributed by atoms with E-state index >= 15 is 0 Å². The summed E-state index contributed by atoms with van der Waals surface area (Å²) in [4.78, 5) is 44.9. The fraction of sp³-hybridized carbons (Fsp3) is 0.250. The smallest absolute Gasteiger partial charge is 0.261 e. The van der Waals surface area contributed by atoms with Crippen molar-refractivity contribution in [2.24, 2.45) is 0 Å². The molecule has 3 amide bonds. The Labute approximate surface area is 193 Å². The van der Waals surface area contributed by atoms with Crippen molar-refractivity contribution in [3.63, 3.8) is 0 Å². The second-order valence-corrected chi connectivity index (χ2v) is 9.20. The third kappa shape index (κ3) is 4.05. The molecule has 2 aromatic carbocycles. The van der Waals surface area contributed by atoms with E-state index in [1.54, 1.807) is 12.1 Å². The Morgan fingerprint density at radius 1 is 1.18 bits per heavy atom. The molecule has 3 heterocycles. The van der Waals surface area contributed by atoms with Crippen LogP contribution in [-0.4, -0.2) is 46.9 Å². The van der Waals surface area contributed by atoms with Crippen molar-refractivity contribution in [1.29, 1.82) is 0 Å². The number of carbonyl (C=O) groups excluding carboxylic acids is 3. The molecule has 0 radical (unpaired) electrons. The van der Waals surface area contributed by atoms with Gasteiger partial charge in [0.25, 0.3) is 17.7 Å². The summed E-state index contributed by atoms with van der Waals surface area (Å²) in [7, 11) is 0. The fourth-order valence-electron chi connectivity index (χ4n) is 4.08. The monoisotopic (exact) mass is 465 g/mol. The van der Waals surface area contributed by atoms with Gasteiger partial charge in [0.2, 0.25) is 0 Å². The van der Waals surface area contributed by atoms with Crippen LogP contribution in [0.1, 0.15) is 48.8 Å². The van der Waals surface area contributed by atoms with Crippen LogP contribution in [-0.2, 0) is 4.74 Å². The van der Waals surface area contributed by atoms with E-state index in [0.29, 0.717) is 23.0 Å². The molecule has 2 aliphatic heterocycles. The van der Waals surface area contributed by atoms with E-state index in [0.717, 1.165) is 23.3 Å². The second-order valence-electron chi connectivity index (χ2n) is 8.00. The number of thiazole rings is 1. The lowest BCUT2D eigenvalue weighted by Crippen LogP contribution is -2.36. The Balaban J connectivity index is 1.33. The number of aryl methyl sites for hydroxylation is 1. The minimum atomic E-state index is -0.435. The molecule has 168 valence electrons. The molecular formula is C24H20FN3O4S. The zero-order valence-corrected chi connectivity index (χ0v) is 18.6. The molecule has 1 aromatic heterocycles. The van der Waals surface area contributed by atoms with Crippen LogP contribution >= 0.6 is 11.3 Å². The van der Waals surface area contributed by atoms with E-state index in [-0.39, 0.29) is 35.5 Å². The van der Waals surface area contributed by atoms with Gasteiger partial charge in [0.05, 0.1) is 29.5 Å². The predicted molar refractivity (Wildman–Crippen MR) is 121 cm³/mol. The molecule has 1 N–H and O–H groups in total. The van der Waals surface area contributed by atoms with Gasteiger partial charge in [-0.1, -0.05) is 0 Å². The molecule has 1 fully saturated rings. The number of fused-ring (bicyclic) bond motifs is 1. The van der Waals surface area contributed by atoms with Crippen molar-refractivity contribution in [3.8, 4) is 11.3 Å². The molecule has 1 atom stereocenters. The number of anilines is 1. The lowest BCUT2D eigenvalue weighted by atomic mass is 10.1. The lowest BCUT2D eigenvalue weighted by Gasteiger charge is -2.17. The first-order valence-electron chi connectivity index (χ1n) is 10.6. The Morgan fingerprint density at radius 3 is 2.67 bits per heavy atom. The van der Waals surface area contributed by atoms with Crippen molar-refractivity contribution in [2.75, 3.05) is 18.5 Å². The Kier molecular flexibility index (Phi) is 5.51. The topological polar surface area (TPSA) is 88.6 Å². The van der Waals surface area contributed by atoms with E-state index < -0.39 is 11.8 Å². The molecule has 1 saturated heterocycles. The number of imide groups is 1. The molecule has 9 heteroatoms.